The number of amides is 3. The van der Waals surface area contributed by atoms with Crippen molar-refractivity contribution < 1.29 is 14.0 Å². The molecule has 112 valence electrons. The number of halogens is 1. The minimum absolute atomic E-state index is 0.0598. The van der Waals surface area contributed by atoms with E-state index in [9.17, 15) is 14.0 Å². The molecule has 3 amide bonds. The lowest BCUT2D eigenvalue weighted by molar-refractivity contribution is -0.128. The van der Waals surface area contributed by atoms with Gasteiger partial charge >= 0.3 is 6.03 Å². The van der Waals surface area contributed by atoms with Gasteiger partial charge in [-0.05, 0) is 24.1 Å². The van der Waals surface area contributed by atoms with Crippen LogP contribution in [0, 0.1) is 5.82 Å². The predicted molar refractivity (Wildman–Crippen MR) is 80.1 cm³/mol. The molecular weight excluding hydrogens is 293 g/mol. The number of nitrogens with one attached hydrogen (secondary N) is 1. The highest BCUT2D eigenvalue weighted by molar-refractivity contribution is 7.80. The molecule has 0 spiro atoms. The van der Waals surface area contributed by atoms with Gasteiger partial charge in [-0.3, -0.25) is 9.69 Å². The molecule has 0 radical (unpaired) electrons. The first kappa shape index (κ1) is 15.4. The van der Waals surface area contributed by atoms with Crippen molar-refractivity contribution in [3.05, 3.63) is 35.1 Å². The fourth-order valence-electron chi connectivity index (χ4n) is 2.25. The third kappa shape index (κ3) is 3.18. The third-order valence-electron chi connectivity index (χ3n) is 3.32. The van der Waals surface area contributed by atoms with Crippen molar-refractivity contribution in [1.29, 1.82) is 0 Å². The molecule has 1 unspecified atom stereocenters. The Balaban J connectivity index is 2.18. The number of imide groups is 1. The molecule has 0 bridgehead atoms. The second-order valence-corrected chi connectivity index (χ2v) is 5.33. The average Bonchev–Trinajstić information content (AvgIpc) is 2.68. The Kier molecular flexibility index (Phi) is 4.52. The van der Waals surface area contributed by atoms with Gasteiger partial charge in [-0.15, -0.1) is 0 Å². The summed E-state index contributed by atoms with van der Waals surface area (Å²) in [6.07, 6.45) is 1.40. The molecule has 1 aliphatic heterocycles. The highest BCUT2D eigenvalue weighted by atomic mass is 32.1. The Labute approximate surface area is 127 Å². The summed E-state index contributed by atoms with van der Waals surface area (Å²) in [5.41, 5.74) is 6.15. The van der Waals surface area contributed by atoms with Crippen molar-refractivity contribution in [3.8, 4) is 0 Å². The number of rotatable bonds is 5. The molecule has 7 heteroatoms. The fraction of sp³-hybridized carbons (Fsp3) is 0.357. The van der Waals surface area contributed by atoms with E-state index in [1.807, 2.05) is 6.92 Å². The first-order valence-corrected chi connectivity index (χ1v) is 7.05. The summed E-state index contributed by atoms with van der Waals surface area (Å²) in [6, 6.07) is 3.29. The molecule has 1 heterocycles. The number of thiocarbonyl (C=S) groups is 1. The van der Waals surface area contributed by atoms with E-state index in [2.05, 4.69) is 5.32 Å². The van der Waals surface area contributed by atoms with Crippen LogP contribution in [0.5, 0.6) is 0 Å². The first-order chi connectivity index (χ1) is 9.93. The van der Waals surface area contributed by atoms with Crippen molar-refractivity contribution >= 4 is 29.1 Å². The zero-order valence-corrected chi connectivity index (χ0v) is 12.4. The molecule has 0 saturated carbocycles. The zero-order valence-electron chi connectivity index (χ0n) is 11.6. The normalized spacial score (nSPS) is 18.0. The number of hydrogen-bond acceptors (Lipinski definition) is 3. The molecule has 2 rings (SSSR count). The maximum Gasteiger partial charge on any atom is 0.325 e. The van der Waals surface area contributed by atoms with Crippen molar-refractivity contribution in [1.82, 2.24) is 10.2 Å². The van der Waals surface area contributed by atoms with Gasteiger partial charge in [0.1, 0.15) is 16.8 Å². The van der Waals surface area contributed by atoms with Gasteiger partial charge in [0.25, 0.3) is 5.91 Å². The quantitative estimate of drug-likeness (QED) is 0.641. The van der Waals surface area contributed by atoms with E-state index in [4.69, 9.17) is 18.0 Å². The summed E-state index contributed by atoms with van der Waals surface area (Å²) in [7, 11) is 0. The minimum Gasteiger partial charge on any atom is -0.389 e. The third-order valence-corrected chi connectivity index (χ3v) is 3.54. The number of carbonyl (C=O) groups excluding carboxylic acids is 2. The molecule has 3 N–H and O–H groups in total. The van der Waals surface area contributed by atoms with Crippen LogP contribution < -0.4 is 11.1 Å². The van der Waals surface area contributed by atoms with Crippen LogP contribution in [-0.4, -0.2) is 27.9 Å². The maximum absolute atomic E-state index is 13.5. The lowest BCUT2D eigenvalue weighted by atomic mass is 10.1. The van der Waals surface area contributed by atoms with E-state index in [0.717, 1.165) is 11.3 Å². The summed E-state index contributed by atoms with van der Waals surface area (Å²) in [4.78, 5) is 25.0. The molecule has 1 atom stereocenters. The van der Waals surface area contributed by atoms with Gasteiger partial charge in [-0.25, -0.2) is 9.18 Å². The van der Waals surface area contributed by atoms with E-state index >= 15 is 0 Å². The van der Waals surface area contributed by atoms with Gasteiger partial charge in [0.05, 0.1) is 6.54 Å². The van der Waals surface area contributed by atoms with Gasteiger partial charge in [0.2, 0.25) is 0 Å². The first-order valence-electron chi connectivity index (χ1n) is 6.64. The Morgan fingerprint density at radius 3 is 2.81 bits per heavy atom. The van der Waals surface area contributed by atoms with Gasteiger partial charge in [0, 0.05) is 5.56 Å². The van der Waals surface area contributed by atoms with Crippen molar-refractivity contribution in [2.45, 2.75) is 32.4 Å². The van der Waals surface area contributed by atoms with E-state index in [1.54, 1.807) is 0 Å². The number of nitrogens with two attached hydrogens (primary N) is 1. The molecule has 0 aromatic heterocycles. The highest BCUT2D eigenvalue weighted by Crippen LogP contribution is 2.17. The zero-order chi connectivity index (χ0) is 15.6. The topological polar surface area (TPSA) is 75.4 Å². The highest BCUT2D eigenvalue weighted by Gasteiger charge is 2.37. The van der Waals surface area contributed by atoms with Gasteiger partial charge in [-0.1, -0.05) is 31.6 Å². The van der Waals surface area contributed by atoms with Gasteiger partial charge in [-0.2, -0.15) is 0 Å². The number of carbonyl (C=O) groups is 2. The Bertz CT molecular complexity index is 606. The molecule has 5 nitrogen and oxygen atoms in total. The van der Waals surface area contributed by atoms with E-state index in [1.165, 1.54) is 18.2 Å². The molecule has 1 aromatic rings. The van der Waals surface area contributed by atoms with Crippen LogP contribution in [0.25, 0.3) is 0 Å². The summed E-state index contributed by atoms with van der Waals surface area (Å²) in [6.45, 7) is 2.01. The molecule has 21 heavy (non-hydrogen) atoms. The van der Waals surface area contributed by atoms with E-state index in [-0.39, 0.29) is 23.0 Å². The van der Waals surface area contributed by atoms with Crippen molar-refractivity contribution in [2.75, 3.05) is 0 Å². The summed E-state index contributed by atoms with van der Waals surface area (Å²) >= 11 is 4.77. The van der Waals surface area contributed by atoms with Crippen LogP contribution in [0.2, 0.25) is 0 Å². The van der Waals surface area contributed by atoms with E-state index in [0.29, 0.717) is 12.0 Å². The Hall–Kier alpha value is -2.02. The molecule has 1 aromatic carbocycles. The Morgan fingerprint density at radius 1 is 1.48 bits per heavy atom. The molecule has 1 fully saturated rings. The summed E-state index contributed by atoms with van der Waals surface area (Å²) in [5, 5.41) is 2.64. The molecular formula is C14H16FN3O2S. The summed E-state index contributed by atoms with van der Waals surface area (Å²) < 4.78 is 13.5. The molecule has 1 saturated heterocycles. The monoisotopic (exact) mass is 309 g/mol. The van der Waals surface area contributed by atoms with E-state index < -0.39 is 17.9 Å². The van der Waals surface area contributed by atoms with Crippen LogP contribution in [0.4, 0.5) is 9.18 Å². The van der Waals surface area contributed by atoms with Crippen LogP contribution in [0.15, 0.2) is 18.2 Å². The average molecular weight is 309 g/mol. The summed E-state index contributed by atoms with van der Waals surface area (Å²) in [5.74, 6) is -0.782. The second-order valence-electron chi connectivity index (χ2n) is 4.89. The van der Waals surface area contributed by atoms with Gasteiger partial charge < -0.3 is 11.1 Å². The molecule has 0 aliphatic carbocycles. The number of nitrogens with zero attached hydrogens (tertiary/aromatic N) is 1. The minimum atomic E-state index is -0.521. The van der Waals surface area contributed by atoms with Crippen LogP contribution in [0.1, 0.15) is 30.9 Å². The van der Waals surface area contributed by atoms with Crippen molar-refractivity contribution in [2.24, 2.45) is 5.73 Å². The Morgan fingerprint density at radius 2 is 2.19 bits per heavy atom. The standard InChI is InChI=1S/C14H16FN3O2S/c1-2-3-11-13(19)18(14(20)17-11)7-8-4-5-10(15)9(6-8)12(16)21/h4-6,11H,2-3,7H2,1H3,(H2,16,21)(H,17,20). The van der Waals surface area contributed by atoms with Crippen LogP contribution in [0.3, 0.4) is 0 Å². The number of hydrogen-bond donors (Lipinski definition) is 2. The fourth-order valence-corrected chi connectivity index (χ4v) is 2.41. The van der Waals surface area contributed by atoms with Crippen LogP contribution >= 0.6 is 12.2 Å². The lowest BCUT2D eigenvalue weighted by Crippen LogP contribution is -2.31. The number of benzene rings is 1. The number of urea groups is 1. The van der Waals surface area contributed by atoms with Crippen molar-refractivity contribution in [3.63, 3.8) is 0 Å². The molecule has 1 aliphatic rings. The predicted octanol–water partition coefficient (Wildman–Crippen LogP) is 1.68. The lowest BCUT2D eigenvalue weighted by Gasteiger charge is -2.14. The SMILES string of the molecule is CCCC1NC(=O)N(Cc2ccc(F)c(C(N)=S)c2)C1=O. The maximum atomic E-state index is 13.5. The second kappa shape index (κ2) is 6.17. The van der Waals surface area contributed by atoms with Gasteiger partial charge in [0.15, 0.2) is 0 Å². The smallest absolute Gasteiger partial charge is 0.325 e. The van der Waals surface area contributed by atoms with Crippen LogP contribution in [-0.2, 0) is 11.3 Å². The largest absolute Gasteiger partial charge is 0.389 e.